The van der Waals surface area contributed by atoms with Gasteiger partial charge in [0, 0.05) is 22.5 Å². The molecular formula is C19H18BrN3O4. The molecule has 0 aromatic heterocycles. The van der Waals surface area contributed by atoms with E-state index >= 15 is 0 Å². The van der Waals surface area contributed by atoms with Gasteiger partial charge in [-0.2, -0.15) is 5.10 Å². The molecule has 1 saturated heterocycles. The van der Waals surface area contributed by atoms with Crippen LogP contribution in [0.4, 0.5) is 0 Å². The highest BCUT2D eigenvalue weighted by Crippen LogP contribution is 2.32. The van der Waals surface area contributed by atoms with Crippen molar-refractivity contribution in [1.82, 2.24) is 10.7 Å². The Bertz CT molecular complexity index is 886. The van der Waals surface area contributed by atoms with Crippen molar-refractivity contribution >= 4 is 34.0 Å². The molecular weight excluding hydrogens is 414 g/mol. The van der Waals surface area contributed by atoms with E-state index in [1.165, 1.54) is 13.3 Å². The van der Waals surface area contributed by atoms with Gasteiger partial charge in [0.1, 0.15) is 5.92 Å². The van der Waals surface area contributed by atoms with Crippen LogP contribution in [0, 0.1) is 5.92 Å². The number of methoxy groups -OCH3 is 1. The minimum Gasteiger partial charge on any atom is -0.504 e. The predicted octanol–water partition coefficient (Wildman–Crippen LogP) is 2.14. The van der Waals surface area contributed by atoms with Crippen molar-refractivity contribution in [2.45, 2.75) is 5.92 Å². The van der Waals surface area contributed by atoms with Gasteiger partial charge in [-0.1, -0.05) is 46.3 Å². The SMILES string of the molecule is COc1cc(Br)cc(/C=N/NC(=O)[C@H]2C(=O)NC[C@H]2c2ccccc2)c1O. The van der Waals surface area contributed by atoms with E-state index in [1.807, 2.05) is 30.3 Å². The summed E-state index contributed by atoms with van der Waals surface area (Å²) in [5, 5.41) is 16.7. The van der Waals surface area contributed by atoms with Crippen LogP contribution >= 0.6 is 15.9 Å². The molecule has 1 fully saturated rings. The lowest BCUT2D eigenvalue weighted by atomic mass is 9.88. The number of nitrogens with zero attached hydrogens (tertiary/aromatic N) is 1. The van der Waals surface area contributed by atoms with E-state index in [2.05, 4.69) is 31.8 Å². The van der Waals surface area contributed by atoms with E-state index in [0.29, 0.717) is 16.6 Å². The van der Waals surface area contributed by atoms with Crippen molar-refractivity contribution in [2.75, 3.05) is 13.7 Å². The Morgan fingerprint density at radius 3 is 2.81 bits per heavy atom. The molecule has 140 valence electrons. The number of halogens is 1. The maximum atomic E-state index is 12.5. The third-order valence-corrected chi connectivity index (χ3v) is 4.82. The van der Waals surface area contributed by atoms with E-state index in [1.54, 1.807) is 12.1 Å². The maximum Gasteiger partial charge on any atom is 0.253 e. The fraction of sp³-hybridized carbons (Fsp3) is 0.211. The third kappa shape index (κ3) is 4.11. The van der Waals surface area contributed by atoms with Gasteiger partial charge in [0.25, 0.3) is 5.91 Å². The zero-order valence-electron chi connectivity index (χ0n) is 14.5. The summed E-state index contributed by atoms with van der Waals surface area (Å²) in [5.41, 5.74) is 3.66. The van der Waals surface area contributed by atoms with Gasteiger partial charge < -0.3 is 15.2 Å². The largest absolute Gasteiger partial charge is 0.504 e. The Labute approximate surface area is 164 Å². The fourth-order valence-corrected chi connectivity index (χ4v) is 3.47. The summed E-state index contributed by atoms with van der Waals surface area (Å²) in [6.07, 6.45) is 1.30. The van der Waals surface area contributed by atoms with Crippen LogP contribution in [-0.4, -0.2) is 36.8 Å². The topological polar surface area (TPSA) is 100 Å². The Hall–Kier alpha value is -2.87. The Kier molecular flexibility index (Phi) is 5.75. The number of hydrogen-bond donors (Lipinski definition) is 3. The second kappa shape index (κ2) is 8.22. The van der Waals surface area contributed by atoms with Crippen LogP contribution in [0.15, 0.2) is 52.0 Å². The Morgan fingerprint density at radius 1 is 1.37 bits per heavy atom. The van der Waals surface area contributed by atoms with Gasteiger partial charge >= 0.3 is 0 Å². The lowest BCUT2D eigenvalue weighted by Crippen LogP contribution is -2.34. The summed E-state index contributed by atoms with van der Waals surface area (Å²) in [6.45, 7) is 0.397. The number of hydrazone groups is 1. The monoisotopic (exact) mass is 431 g/mol. The molecule has 0 aliphatic carbocycles. The summed E-state index contributed by atoms with van der Waals surface area (Å²) in [5.74, 6) is -1.78. The average molecular weight is 432 g/mol. The van der Waals surface area contributed by atoms with Gasteiger partial charge in [-0.25, -0.2) is 5.43 Å². The van der Waals surface area contributed by atoms with Gasteiger partial charge in [-0.05, 0) is 17.7 Å². The van der Waals surface area contributed by atoms with E-state index in [9.17, 15) is 14.7 Å². The number of ether oxygens (including phenoxy) is 1. The molecule has 1 aliphatic heterocycles. The number of carbonyl (C=O) groups excluding carboxylic acids is 2. The standard InChI is InChI=1S/C19H18BrN3O4/c1-27-15-8-13(20)7-12(17(15)24)9-22-23-19(26)16-14(10-21-18(16)25)11-5-3-2-4-6-11/h2-9,14,16,24H,10H2,1H3,(H,21,25)(H,23,26)/b22-9+/t14-,16+/m0/s1. The van der Waals surface area contributed by atoms with Crippen molar-refractivity contribution < 1.29 is 19.4 Å². The molecule has 0 unspecified atom stereocenters. The molecule has 2 aromatic carbocycles. The minimum atomic E-state index is -0.866. The van der Waals surface area contributed by atoms with Gasteiger partial charge in [0.2, 0.25) is 5.91 Å². The molecule has 2 aromatic rings. The molecule has 0 saturated carbocycles. The molecule has 0 spiro atoms. The first-order chi connectivity index (χ1) is 13.0. The normalized spacial score (nSPS) is 19.1. The summed E-state index contributed by atoms with van der Waals surface area (Å²) < 4.78 is 5.75. The average Bonchev–Trinajstić information content (AvgIpc) is 3.06. The molecule has 2 atom stereocenters. The van der Waals surface area contributed by atoms with Crippen molar-refractivity contribution in [3.8, 4) is 11.5 Å². The zero-order chi connectivity index (χ0) is 19.4. The van der Waals surface area contributed by atoms with E-state index in [4.69, 9.17) is 4.74 Å². The summed E-state index contributed by atoms with van der Waals surface area (Å²) in [4.78, 5) is 24.7. The number of phenols is 1. The van der Waals surface area contributed by atoms with Crippen LogP contribution in [0.2, 0.25) is 0 Å². The van der Waals surface area contributed by atoms with Crippen molar-refractivity contribution in [3.63, 3.8) is 0 Å². The van der Waals surface area contributed by atoms with Gasteiger partial charge in [-0.15, -0.1) is 0 Å². The van der Waals surface area contributed by atoms with Crippen LogP contribution in [-0.2, 0) is 9.59 Å². The lowest BCUT2D eigenvalue weighted by molar-refractivity contribution is -0.133. The van der Waals surface area contributed by atoms with Crippen LogP contribution in [0.5, 0.6) is 11.5 Å². The maximum absolute atomic E-state index is 12.5. The fourth-order valence-electron chi connectivity index (χ4n) is 3.02. The Balaban J connectivity index is 1.74. The molecule has 0 bridgehead atoms. The van der Waals surface area contributed by atoms with Crippen LogP contribution in [0.25, 0.3) is 0 Å². The minimum absolute atomic E-state index is 0.0977. The number of amides is 2. The smallest absolute Gasteiger partial charge is 0.253 e. The first-order valence-electron chi connectivity index (χ1n) is 8.23. The predicted molar refractivity (Wildman–Crippen MR) is 104 cm³/mol. The number of rotatable bonds is 5. The van der Waals surface area contributed by atoms with Gasteiger partial charge in [-0.3, -0.25) is 9.59 Å². The highest BCUT2D eigenvalue weighted by atomic mass is 79.9. The van der Waals surface area contributed by atoms with Gasteiger partial charge in [0.05, 0.1) is 13.3 Å². The highest BCUT2D eigenvalue weighted by molar-refractivity contribution is 9.10. The quantitative estimate of drug-likeness (QED) is 0.383. The highest BCUT2D eigenvalue weighted by Gasteiger charge is 2.40. The van der Waals surface area contributed by atoms with Crippen LogP contribution < -0.4 is 15.5 Å². The van der Waals surface area contributed by atoms with Gasteiger partial charge in [0.15, 0.2) is 11.5 Å². The first-order valence-corrected chi connectivity index (χ1v) is 9.02. The number of hydrogen-bond acceptors (Lipinski definition) is 5. The molecule has 1 heterocycles. The molecule has 7 nitrogen and oxygen atoms in total. The van der Waals surface area contributed by atoms with Crippen LogP contribution in [0.3, 0.4) is 0 Å². The third-order valence-electron chi connectivity index (χ3n) is 4.36. The molecule has 8 heteroatoms. The second-order valence-electron chi connectivity index (χ2n) is 6.02. The zero-order valence-corrected chi connectivity index (χ0v) is 16.1. The number of carbonyl (C=O) groups is 2. The summed E-state index contributed by atoms with van der Waals surface area (Å²) in [7, 11) is 1.44. The number of phenolic OH excluding ortho intramolecular Hbond substituents is 1. The van der Waals surface area contributed by atoms with Crippen molar-refractivity contribution in [2.24, 2.45) is 11.0 Å². The molecule has 0 radical (unpaired) electrons. The van der Waals surface area contributed by atoms with Crippen molar-refractivity contribution in [1.29, 1.82) is 0 Å². The molecule has 27 heavy (non-hydrogen) atoms. The molecule has 3 rings (SSSR count). The van der Waals surface area contributed by atoms with Crippen LogP contribution in [0.1, 0.15) is 17.0 Å². The lowest BCUT2D eigenvalue weighted by Gasteiger charge is -2.15. The second-order valence-corrected chi connectivity index (χ2v) is 6.94. The summed E-state index contributed by atoms with van der Waals surface area (Å²) >= 11 is 3.31. The number of nitrogens with one attached hydrogen (secondary N) is 2. The Morgan fingerprint density at radius 2 is 2.11 bits per heavy atom. The van der Waals surface area contributed by atoms with E-state index in [-0.39, 0.29) is 23.3 Å². The molecule has 3 N–H and O–H groups in total. The molecule has 1 aliphatic rings. The molecule has 2 amide bonds. The number of aromatic hydroxyl groups is 1. The van der Waals surface area contributed by atoms with E-state index in [0.717, 1.165) is 5.56 Å². The van der Waals surface area contributed by atoms with E-state index < -0.39 is 11.8 Å². The first kappa shape index (κ1) is 18.9. The number of benzene rings is 2. The summed E-state index contributed by atoms with van der Waals surface area (Å²) in [6, 6.07) is 12.6. The van der Waals surface area contributed by atoms with Crippen molar-refractivity contribution in [3.05, 3.63) is 58.1 Å².